The molecule has 1 N–H and O–H groups in total. The molecule has 7 heteroatoms. The van der Waals surface area contributed by atoms with Gasteiger partial charge in [-0.2, -0.15) is 5.26 Å². The fourth-order valence-electron chi connectivity index (χ4n) is 2.96. The van der Waals surface area contributed by atoms with Crippen molar-refractivity contribution in [3.8, 4) is 6.07 Å². The molecule has 0 fully saturated rings. The van der Waals surface area contributed by atoms with Gasteiger partial charge in [0, 0.05) is 6.54 Å². The van der Waals surface area contributed by atoms with Gasteiger partial charge in [-0.3, -0.25) is 14.2 Å². The molecule has 0 aliphatic rings. The lowest BCUT2D eigenvalue weighted by atomic mass is 10.1. The third-order valence-corrected chi connectivity index (χ3v) is 5.80. The number of hydrogen-bond donors (Lipinski definition) is 1. The summed E-state index contributed by atoms with van der Waals surface area (Å²) in [5.74, 6) is 0.185. The zero-order chi connectivity index (χ0) is 21.7. The number of anilines is 1. The number of fused-ring (bicyclic) bond motifs is 1. The number of benzene rings is 2. The van der Waals surface area contributed by atoms with E-state index in [0.29, 0.717) is 39.8 Å². The van der Waals surface area contributed by atoms with Crippen LogP contribution in [0.15, 0.2) is 58.5 Å². The number of para-hydroxylation sites is 2. The van der Waals surface area contributed by atoms with Gasteiger partial charge in [0.2, 0.25) is 5.91 Å². The average molecular weight is 421 g/mol. The fraction of sp³-hybridized carbons (Fsp3) is 0.304. The highest BCUT2D eigenvalue weighted by atomic mass is 32.2. The number of carbonyl (C=O) groups is 1. The number of rotatable bonds is 7. The van der Waals surface area contributed by atoms with E-state index >= 15 is 0 Å². The van der Waals surface area contributed by atoms with Gasteiger partial charge in [-0.05, 0) is 43.5 Å². The van der Waals surface area contributed by atoms with Gasteiger partial charge < -0.3 is 5.32 Å². The molecule has 1 heterocycles. The van der Waals surface area contributed by atoms with Gasteiger partial charge >= 0.3 is 0 Å². The molecular weight excluding hydrogens is 396 g/mol. The lowest BCUT2D eigenvalue weighted by Gasteiger charge is -2.17. The van der Waals surface area contributed by atoms with E-state index in [1.54, 1.807) is 41.8 Å². The van der Waals surface area contributed by atoms with Crippen LogP contribution in [0.3, 0.4) is 0 Å². The number of nitrogens with zero attached hydrogens (tertiary/aromatic N) is 3. The summed E-state index contributed by atoms with van der Waals surface area (Å²) in [5.41, 5.74) is 1.40. The molecule has 1 aromatic heterocycles. The number of hydrogen-bond acceptors (Lipinski definition) is 5. The van der Waals surface area contributed by atoms with Crippen LogP contribution in [0.1, 0.15) is 32.8 Å². The highest BCUT2D eigenvalue weighted by Crippen LogP contribution is 2.25. The van der Waals surface area contributed by atoms with Gasteiger partial charge in [0.25, 0.3) is 5.56 Å². The highest BCUT2D eigenvalue weighted by Gasteiger charge is 2.20. The van der Waals surface area contributed by atoms with Gasteiger partial charge in [-0.25, -0.2) is 4.98 Å². The zero-order valence-electron chi connectivity index (χ0n) is 17.3. The SMILES string of the molecule is CC(C)CCn1c(S[C@@H](C)C(=O)Nc2ccccc2C#N)nc2ccccc2c1=O. The second-order valence-corrected chi connectivity index (χ2v) is 8.77. The number of nitrogens with one attached hydrogen (secondary N) is 1. The van der Waals surface area contributed by atoms with E-state index in [2.05, 4.69) is 30.2 Å². The zero-order valence-corrected chi connectivity index (χ0v) is 18.1. The predicted octanol–water partition coefficient (Wildman–Crippen LogP) is 4.43. The van der Waals surface area contributed by atoms with E-state index in [4.69, 9.17) is 0 Å². The van der Waals surface area contributed by atoms with Crippen LogP contribution in [-0.2, 0) is 11.3 Å². The summed E-state index contributed by atoms with van der Waals surface area (Å²) in [6.45, 7) is 6.52. The second-order valence-electron chi connectivity index (χ2n) is 7.46. The summed E-state index contributed by atoms with van der Waals surface area (Å²) < 4.78 is 1.67. The van der Waals surface area contributed by atoms with Crippen LogP contribution >= 0.6 is 11.8 Å². The molecule has 2 aromatic carbocycles. The number of carbonyl (C=O) groups excluding carboxylic acids is 1. The largest absolute Gasteiger partial charge is 0.324 e. The first kappa shape index (κ1) is 21.6. The van der Waals surface area contributed by atoms with Crippen LogP contribution < -0.4 is 10.9 Å². The minimum atomic E-state index is -0.505. The van der Waals surface area contributed by atoms with Crippen LogP contribution in [0.5, 0.6) is 0 Å². The van der Waals surface area contributed by atoms with Crippen LogP contribution in [0.4, 0.5) is 5.69 Å². The summed E-state index contributed by atoms with van der Waals surface area (Å²) in [5, 5.41) is 12.6. The quantitative estimate of drug-likeness (QED) is 0.451. The molecule has 0 aliphatic carbocycles. The van der Waals surface area contributed by atoms with Crippen molar-refractivity contribution in [1.29, 1.82) is 5.26 Å². The summed E-state index contributed by atoms with van der Waals surface area (Å²) in [4.78, 5) is 30.5. The smallest absolute Gasteiger partial charge is 0.262 e. The van der Waals surface area contributed by atoms with E-state index < -0.39 is 5.25 Å². The van der Waals surface area contributed by atoms with Crippen LogP contribution in [0.25, 0.3) is 10.9 Å². The van der Waals surface area contributed by atoms with Crippen molar-refractivity contribution >= 4 is 34.3 Å². The van der Waals surface area contributed by atoms with E-state index in [9.17, 15) is 14.9 Å². The number of nitriles is 1. The van der Waals surface area contributed by atoms with Gasteiger partial charge in [-0.1, -0.05) is 49.9 Å². The highest BCUT2D eigenvalue weighted by molar-refractivity contribution is 8.00. The van der Waals surface area contributed by atoms with Gasteiger partial charge in [0.15, 0.2) is 5.16 Å². The molecular formula is C23H24N4O2S. The second kappa shape index (κ2) is 9.59. The molecule has 0 bridgehead atoms. The fourth-order valence-corrected chi connectivity index (χ4v) is 3.89. The third kappa shape index (κ3) is 4.89. The first-order valence-electron chi connectivity index (χ1n) is 9.87. The van der Waals surface area contributed by atoms with Crippen molar-refractivity contribution in [2.24, 2.45) is 5.92 Å². The van der Waals surface area contributed by atoms with Crippen LogP contribution in [-0.4, -0.2) is 20.7 Å². The Morgan fingerprint density at radius 2 is 1.87 bits per heavy atom. The standard InChI is InChI=1S/C23H24N4O2S/c1-15(2)12-13-27-22(29)18-9-5-7-11-20(18)26-23(27)30-16(3)21(28)25-19-10-6-4-8-17(19)14-24/h4-11,15-16H,12-13H2,1-3H3,(H,25,28)/t16-/m0/s1. The molecule has 0 unspecified atom stereocenters. The maximum Gasteiger partial charge on any atom is 0.262 e. The number of amides is 1. The van der Waals surface area contributed by atoms with E-state index in [0.717, 1.165) is 6.42 Å². The minimum Gasteiger partial charge on any atom is -0.324 e. The molecule has 30 heavy (non-hydrogen) atoms. The van der Waals surface area contributed by atoms with Crippen molar-refractivity contribution in [2.45, 2.75) is 44.1 Å². The van der Waals surface area contributed by atoms with Crippen molar-refractivity contribution in [1.82, 2.24) is 9.55 Å². The average Bonchev–Trinajstić information content (AvgIpc) is 2.73. The van der Waals surface area contributed by atoms with Gasteiger partial charge in [0.05, 0.1) is 27.4 Å². The number of aromatic nitrogens is 2. The summed E-state index contributed by atoms with van der Waals surface area (Å²) >= 11 is 1.25. The van der Waals surface area contributed by atoms with Crippen LogP contribution in [0.2, 0.25) is 0 Å². The first-order chi connectivity index (χ1) is 14.4. The molecule has 3 aromatic rings. The van der Waals surface area contributed by atoms with E-state index in [1.165, 1.54) is 11.8 Å². The van der Waals surface area contributed by atoms with E-state index in [-0.39, 0.29) is 11.5 Å². The Labute approximate surface area is 179 Å². The Bertz CT molecular complexity index is 1160. The van der Waals surface area contributed by atoms with Crippen molar-refractivity contribution in [3.05, 3.63) is 64.4 Å². The summed E-state index contributed by atoms with van der Waals surface area (Å²) in [6, 6.07) is 16.2. The molecule has 6 nitrogen and oxygen atoms in total. The molecule has 1 amide bonds. The maximum absolute atomic E-state index is 13.1. The predicted molar refractivity (Wildman–Crippen MR) is 121 cm³/mol. The Morgan fingerprint density at radius 1 is 1.17 bits per heavy atom. The summed E-state index contributed by atoms with van der Waals surface area (Å²) in [7, 11) is 0. The van der Waals surface area contributed by atoms with Gasteiger partial charge in [0.1, 0.15) is 6.07 Å². The molecule has 0 spiro atoms. The Balaban J connectivity index is 1.89. The molecule has 3 rings (SSSR count). The van der Waals surface area contributed by atoms with Crippen molar-refractivity contribution in [2.75, 3.05) is 5.32 Å². The minimum absolute atomic E-state index is 0.0915. The third-order valence-electron chi connectivity index (χ3n) is 4.71. The summed E-state index contributed by atoms with van der Waals surface area (Å²) in [6.07, 6.45) is 0.837. The molecule has 154 valence electrons. The maximum atomic E-state index is 13.1. The molecule has 0 radical (unpaired) electrons. The topological polar surface area (TPSA) is 87.8 Å². The van der Waals surface area contributed by atoms with Crippen molar-refractivity contribution < 1.29 is 4.79 Å². The Kier molecular flexibility index (Phi) is 6.91. The van der Waals surface area contributed by atoms with Crippen molar-refractivity contribution in [3.63, 3.8) is 0 Å². The first-order valence-corrected chi connectivity index (χ1v) is 10.7. The monoisotopic (exact) mass is 420 g/mol. The Hall–Kier alpha value is -3.11. The Morgan fingerprint density at radius 3 is 2.60 bits per heavy atom. The lowest BCUT2D eigenvalue weighted by Crippen LogP contribution is -2.27. The molecule has 0 saturated heterocycles. The lowest BCUT2D eigenvalue weighted by molar-refractivity contribution is -0.115. The van der Waals surface area contributed by atoms with Gasteiger partial charge in [-0.15, -0.1) is 0 Å². The van der Waals surface area contributed by atoms with E-state index in [1.807, 2.05) is 18.2 Å². The molecule has 1 atom stereocenters. The molecule has 0 aliphatic heterocycles. The number of thioether (sulfide) groups is 1. The normalized spacial score (nSPS) is 12.0. The molecule has 0 saturated carbocycles. The van der Waals surface area contributed by atoms with Crippen LogP contribution in [0, 0.1) is 17.2 Å².